The standard InChI is InChI=1S/C18H20FN5O2/c1-18(2,3)15-13(10-24(4)22-15)17(25)20-9-14-21-16(23-26-14)11-6-5-7-12(19)8-11/h5-8,10H,9H2,1-4H3,(H,20,25). The van der Waals surface area contributed by atoms with E-state index in [0.29, 0.717) is 16.8 Å². The molecule has 0 atom stereocenters. The summed E-state index contributed by atoms with van der Waals surface area (Å²) in [7, 11) is 1.77. The van der Waals surface area contributed by atoms with E-state index in [1.807, 2.05) is 20.8 Å². The summed E-state index contributed by atoms with van der Waals surface area (Å²) in [5.74, 6) is -0.147. The van der Waals surface area contributed by atoms with Gasteiger partial charge < -0.3 is 9.84 Å². The summed E-state index contributed by atoms with van der Waals surface area (Å²) in [6, 6.07) is 5.91. The molecule has 0 aliphatic heterocycles. The van der Waals surface area contributed by atoms with Crippen molar-refractivity contribution in [2.75, 3.05) is 0 Å². The number of aromatic nitrogens is 4. The topological polar surface area (TPSA) is 85.8 Å². The van der Waals surface area contributed by atoms with Gasteiger partial charge in [0.25, 0.3) is 5.91 Å². The summed E-state index contributed by atoms with van der Waals surface area (Å²) in [6.07, 6.45) is 1.68. The molecular weight excluding hydrogens is 337 g/mol. The zero-order valence-electron chi connectivity index (χ0n) is 15.1. The molecule has 26 heavy (non-hydrogen) atoms. The van der Waals surface area contributed by atoms with Crippen molar-refractivity contribution in [2.24, 2.45) is 7.05 Å². The van der Waals surface area contributed by atoms with E-state index in [2.05, 4.69) is 20.6 Å². The van der Waals surface area contributed by atoms with Crippen LogP contribution in [0.15, 0.2) is 35.0 Å². The molecule has 0 aliphatic rings. The van der Waals surface area contributed by atoms with Crippen LogP contribution in [0.2, 0.25) is 0 Å². The van der Waals surface area contributed by atoms with Crippen molar-refractivity contribution in [2.45, 2.75) is 32.7 Å². The van der Waals surface area contributed by atoms with Crippen molar-refractivity contribution in [3.8, 4) is 11.4 Å². The number of hydrogen-bond acceptors (Lipinski definition) is 5. The first kappa shape index (κ1) is 17.8. The summed E-state index contributed by atoms with van der Waals surface area (Å²) >= 11 is 0. The molecule has 1 aromatic carbocycles. The molecule has 3 rings (SSSR count). The third-order valence-corrected chi connectivity index (χ3v) is 3.73. The van der Waals surface area contributed by atoms with Crippen molar-refractivity contribution in [1.29, 1.82) is 0 Å². The van der Waals surface area contributed by atoms with Crippen LogP contribution in [-0.2, 0) is 19.0 Å². The summed E-state index contributed by atoms with van der Waals surface area (Å²) in [4.78, 5) is 16.7. The Hall–Kier alpha value is -3.03. The van der Waals surface area contributed by atoms with E-state index in [4.69, 9.17) is 4.52 Å². The summed E-state index contributed by atoms with van der Waals surface area (Å²) in [5.41, 5.74) is 1.46. The average Bonchev–Trinajstić information content (AvgIpc) is 3.19. The Morgan fingerprint density at radius 1 is 1.35 bits per heavy atom. The molecule has 0 saturated carbocycles. The second kappa shape index (κ2) is 6.70. The van der Waals surface area contributed by atoms with E-state index in [9.17, 15) is 9.18 Å². The maximum Gasteiger partial charge on any atom is 0.255 e. The van der Waals surface area contributed by atoms with Gasteiger partial charge in [0.2, 0.25) is 11.7 Å². The Balaban J connectivity index is 1.71. The highest BCUT2D eigenvalue weighted by Crippen LogP contribution is 2.24. The molecule has 0 bridgehead atoms. The number of rotatable bonds is 4. The first-order chi connectivity index (χ1) is 12.2. The Morgan fingerprint density at radius 2 is 2.12 bits per heavy atom. The minimum Gasteiger partial charge on any atom is -0.343 e. The highest BCUT2D eigenvalue weighted by atomic mass is 19.1. The fourth-order valence-corrected chi connectivity index (χ4v) is 2.53. The lowest BCUT2D eigenvalue weighted by Gasteiger charge is -2.16. The first-order valence-corrected chi connectivity index (χ1v) is 8.15. The Bertz CT molecular complexity index is 939. The lowest BCUT2D eigenvalue weighted by Crippen LogP contribution is -2.26. The maximum atomic E-state index is 13.3. The summed E-state index contributed by atoms with van der Waals surface area (Å²) in [5, 5.41) is 11.0. The number of carbonyl (C=O) groups excluding carboxylic acids is 1. The van der Waals surface area contributed by atoms with Crippen LogP contribution in [0.4, 0.5) is 4.39 Å². The molecule has 0 saturated heterocycles. The Morgan fingerprint density at radius 3 is 2.81 bits per heavy atom. The molecule has 0 fully saturated rings. The molecule has 0 spiro atoms. The molecule has 0 aliphatic carbocycles. The van der Waals surface area contributed by atoms with Crippen molar-refractivity contribution < 1.29 is 13.7 Å². The van der Waals surface area contributed by atoms with Gasteiger partial charge in [-0.15, -0.1) is 0 Å². The van der Waals surface area contributed by atoms with Crippen LogP contribution in [0.1, 0.15) is 42.7 Å². The van der Waals surface area contributed by atoms with Crippen LogP contribution in [0.25, 0.3) is 11.4 Å². The number of aryl methyl sites for hydroxylation is 1. The van der Waals surface area contributed by atoms with E-state index in [1.165, 1.54) is 12.1 Å². The Kier molecular flexibility index (Phi) is 4.58. The smallest absolute Gasteiger partial charge is 0.255 e. The SMILES string of the molecule is Cn1cc(C(=O)NCc2nc(-c3cccc(F)c3)no2)c(C(C)(C)C)n1. The number of nitrogens with one attached hydrogen (secondary N) is 1. The van der Waals surface area contributed by atoms with Gasteiger partial charge in [0.1, 0.15) is 5.82 Å². The molecule has 2 aromatic heterocycles. The van der Waals surface area contributed by atoms with Crippen molar-refractivity contribution in [3.05, 3.63) is 53.4 Å². The van der Waals surface area contributed by atoms with Crippen LogP contribution >= 0.6 is 0 Å². The molecule has 7 nitrogen and oxygen atoms in total. The monoisotopic (exact) mass is 357 g/mol. The fourth-order valence-electron chi connectivity index (χ4n) is 2.53. The quantitative estimate of drug-likeness (QED) is 0.776. The van der Waals surface area contributed by atoms with Gasteiger partial charge in [0, 0.05) is 24.2 Å². The third-order valence-electron chi connectivity index (χ3n) is 3.73. The summed E-state index contributed by atoms with van der Waals surface area (Å²) in [6.45, 7) is 6.06. The van der Waals surface area contributed by atoms with Gasteiger partial charge in [-0.3, -0.25) is 9.48 Å². The second-order valence-electron chi connectivity index (χ2n) is 7.02. The van der Waals surface area contributed by atoms with Gasteiger partial charge in [0.15, 0.2) is 0 Å². The van der Waals surface area contributed by atoms with E-state index in [-0.39, 0.29) is 35.4 Å². The number of amides is 1. The minimum absolute atomic E-state index is 0.0691. The van der Waals surface area contributed by atoms with Gasteiger partial charge in [-0.2, -0.15) is 10.1 Å². The fraction of sp³-hybridized carbons (Fsp3) is 0.333. The van der Waals surface area contributed by atoms with Crippen molar-refractivity contribution >= 4 is 5.91 Å². The number of hydrogen-bond donors (Lipinski definition) is 1. The lowest BCUT2D eigenvalue weighted by atomic mass is 9.89. The maximum absolute atomic E-state index is 13.3. The lowest BCUT2D eigenvalue weighted by molar-refractivity contribution is 0.0944. The first-order valence-electron chi connectivity index (χ1n) is 8.15. The second-order valence-corrected chi connectivity index (χ2v) is 7.02. The molecule has 0 radical (unpaired) electrons. The largest absolute Gasteiger partial charge is 0.343 e. The zero-order chi connectivity index (χ0) is 18.9. The van der Waals surface area contributed by atoms with Gasteiger partial charge in [0.05, 0.1) is 17.8 Å². The Labute approximate surface area is 150 Å². The summed E-state index contributed by atoms with van der Waals surface area (Å²) < 4.78 is 20.0. The predicted molar refractivity (Wildman–Crippen MR) is 92.8 cm³/mol. The van der Waals surface area contributed by atoms with Crippen LogP contribution in [0.3, 0.4) is 0 Å². The van der Waals surface area contributed by atoms with E-state index < -0.39 is 0 Å². The van der Waals surface area contributed by atoms with Crippen LogP contribution < -0.4 is 5.32 Å². The van der Waals surface area contributed by atoms with Crippen LogP contribution in [-0.4, -0.2) is 25.8 Å². The van der Waals surface area contributed by atoms with Gasteiger partial charge >= 0.3 is 0 Å². The van der Waals surface area contributed by atoms with Crippen molar-refractivity contribution in [1.82, 2.24) is 25.2 Å². The van der Waals surface area contributed by atoms with Gasteiger partial charge in [-0.1, -0.05) is 38.1 Å². The number of carbonyl (C=O) groups is 1. The highest BCUT2D eigenvalue weighted by molar-refractivity contribution is 5.95. The van der Waals surface area contributed by atoms with Crippen LogP contribution in [0, 0.1) is 5.82 Å². The highest BCUT2D eigenvalue weighted by Gasteiger charge is 2.25. The van der Waals surface area contributed by atoms with Crippen molar-refractivity contribution in [3.63, 3.8) is 0 Å². The predicted octanol–water partition coefficient (Wildman–Crippen LogP) is 2.84. The molecule has 0 unspecified atom stereocenters. The van der Waals surface area contributed by atoms with Gasteiger partial charge in [-0.05, 0) is 12.1 Å². The molecule has 3 aromatic rings. The van der Waals surface area contributed by atoms with Crippen LogP contribution in [0.5, 0.6) is 0 Å². The van der Waals surface area contributed by atoms with E-state index >= 15 is 0 Å². The van der Waals surface area contributed by atoms with Gasteiger partial charge in [-0.25, -0.2) is 4.39 Å². The molecule has 136 valence electrons. The molecule has 1 amide bonds. The zero-order valence-corrected chi connectivity index (χ0v) is 15.1. The number of halogens is 1. The number of nitrogens with zero attached hydrogens (tertiary/aromatic N) is 4. The molecule has 1 N–H and O–H groups in total. The third kappa shape index (κ3) is 3.79. The van der Waals surface area contributed by atoms with E-state index in [0.717, 1.165) is 0 Å². The molecular formula is C18H20FN5O2. The minimum atomic E-state index is -0.381. The number of benzene rings is 1. The normalized spacial score (nSPS) is 11.6. The van der Waals surface area contributed by atoms with E-state index in [1.54, 1.807) is 30.1 Å². The molecule has 8 heteroatoms. The molecule has 2 heterocycles. The average molecular weight is 357 g/mol.